The SMILES string of the molecule is CCOc1cccc(C(=O)NCc2cc(C)[nH]n2)c1. The molecular formula is C14H17N3O2. The first kappa shape index (κ1) is 13.1. The van der Waals surface area contributed by atoms with E-state index in [1.807, 2.05) is 26.0 Å². The van der Waals surface area contributed by atoms with E-state index in [4.69, 9.17) is 4.74 Å². The quantitative estimate of drug-likeness (QED) is 0.863. The average molecular weight is 259 g/mol. The van der Waals surface area contributed by atoms with Crippen molar-refractivity contribution in [2.24, 2.45) is 0 Å². The first-order chi connectivity index (χ1) is 9.19. The van der Waals surface area contributed by atoms with Gasteiger partial charge in [0.1, 0.15) is 5.75 Å². The van der Waals surface area contributed by atoms with Crippen molar-refractivity contribution in [2.45, 2.75) is 20.4 Å². The maximum Gasteiger partial charge on any atom is 0.251 e. The Morgan fingerprint density at radius 3 is 2.95 bits per heavy atom. The lowest BCUT2D eigenvalue weighted by molar-refractivity contribution is 0.0950. The zero-order chi connectivity index (χ0) is 13.7. The lowest BCUT2D eigenvalue weighted by atomic mass is 10.2. The number of carbonyl (C=O) groups excluding carboxylic acids is 1. The number of hydrogen-bond acceptors (Lipinski definition) is 3. The molecule has 0 unspecified atom stereocenters. The minimum absolute atomic E-state index is 0.137. The first-order valence-corrected chi connectivity index (χ1v) is 6.21. The van der Waals surface area contributed by atoms with Crippen molar-refractivity contribution in [2.75, 3.05) is 6.61 Å². The lowest BCUT2D eigenvalue weighted by Gasteiger charge is -2.06. The summed E-state index contributed by atoms with van der Waals surface area (Å²) in [6, 6.07) is 9.02. The molecule has 19 heavy (non-hydrogen) atoms. The van der Waals surface area contributed by atoms with E-state index in [0.29, 0.717) is 24.5 Å². The maximum atomic E-state index is 12.0. The lowest BCUT2D eigenvalue weighted by Crippen LogP contribution is -2.22. The number of benzene rings is 1. The molecule has 0 bridgehead atoms. The second-order valence-electron chi connectivity index (χ2n) is 4.19. The van der Waals surface area contributed by atoms with E-state index in [1.54, 1.807) is 18.2 Å². The highest BCUT2D eigenvalue weighted by Crippen LogP contribution is 2.13. The van der Waals surface area contributed by atoms with E-state index >= 15 is 0 Å². The van der Waals surface area contributed by atoms with Crippen LogP contribution < -0.4 is 10.1 Å². The van der Waals surface area contributed by atoms with Gasteiger partial charge in [-0.3, -0.25) is 9.89 Å². The Morgan fingerprint density at radius 1 is 1.42 bits per heavy atom. The zero-order valence-electron chi connectivity index (χ0n) is 11.1. The highest BCUT2D eigenvalue weighted by molar-refractivity contribution is 5.94. The van der Waals surface area contributed by atoms with E-state index in [2.05, 4.69) is 15.5 Å². The molecule has 1 amide bonds. The van der Waals surface area contributed by atoms with Crippen LogP contribution in [0.1, 0.15) is 28.7 Å². The molecule has 0 saturated carbocycles. The standard InChI is InChI=1S/C14H17N3O2/c1-3-19-13-6-4-5-11(8-13)14(18)15-9-12-7-10(2)16-17-12/h4-8H,3,9H2,1-2H3,(H,15,18)(H,16,17). The number of aromatic amines is 1. The molecule has 5 nitrogen and oxygen atoms in total. The van der Waals surface area contributed by atoms with Crippen LogP contribution in [0.2, 0.25) is 0 Å². The molecule has 1 heterocycles. The molecule has 0 aliphatic carbocycles. The average Bonchev–Trinajstić information content (AvgIpc) is 2.82. The van der Waals surface area contributed by atoms with Gasteiger partial charge in [-0.1, -0.05) is 6.07 Å². The van der Waals surface area contributed by atoms with E-state index < -0.39 is 0 Å². The van der Waals surface area contributed by atoms with Gasteiger partial charge in [0.15, 0.2) is 0 Å². The van der Waals surface area contributed by atoms with Gasteiger partial charge in [-0.05, 0) is 38.1 Å². The predicted octanol–water partition coefficient (Wildman–Crippen LogP) is 2.05. The molecule has 0 aliphatic rings. The van der Waals surface area contributed by atoms with Gasteiger partial charge in [0.05, 0.1) is 18.8 Å². The van der Waals surface area contributed by atoms with Gasteiger partial charge < -0.3 is 10.1 Å². The smallest absolute Gasteiger partial charge is 0.251 e. The summed E-state index contributed by atoms with van der Waals surface area (Å²) in [5.41, 5.74) is 2.37. The van der Waals surface area contributed by atoms with Gasteiger partial charge in [-0.25, -0.2) is 0 Å². The minimum atomic E-state index is -0.137. The monoisotopic (exact) mass is 259 g/mol. The summed E-state index contributed by atoms with van der Waals surface area (Å²) in [6.07, 6.45) is 0. The summed E-state index contributed by atoms with van der Waals surface area (Å²) in [6.45, 7) is 4.82. The Labute approximate surface area is 112 Å². The fraction of sp³-hybridized carbons (Fsp3) is 0.286. The Morgan fingerprint density at radius 2 is 2.26 bits per heavy atom. The Kier molecular flexibility index (Phi) is 4.18. The molecule has 0 saturated heterocycles. The number of rotatable bonds is 5. The number of hydrogen-bond donors (Lipinski definition) is 2. The Hall–Kier alpha value is -2.30. The molecule has 100 valence electrons. The van der Waals surface area contributed by atoms with Gasteiger partial charge in [0.25, 0.3) is 5.91 Å². The molecule has 1 aromatic carbocycles. The van der Waals surface area contributed by atoms with E-state index in [-0.39, 0.29) is 5.91 Å². The molecule has 0 radical (unpaired) electrons. The zero-order valence-corrected chi connectivity index (χ0v) is 11.1. The van der Waals surface area contributed by atoms with Gasteiger partial charge in [-0.15, -0.1) is 0 Å². The summed E-state index contributed by atoms with van der Waals surface area (Å²) < 4.78 is 5.37. The third-order valence-corrected chi connectivity index (χ3v) is 2.60. The van der Waals surface area contributed by atoms with E-state index in [9.17, 15) is 4.79 Å². The summed E-state index contributed by atoms with van der Waals surface area (Å²) in [5, 5.41) is 9.72. The number of aromatic nitrogens is 2. The first-order valence-electron chi connectivity index (χ1n) is 6.21. The van der Waals surface area contributed by atoms with Crippen molar-refractivity contribution in [3.05, 3.63) is 47.3 Å². The van der Waals surface area contributed by atoms with Gasteiger partial charge in [0, 0.05) is 11.3 Å². The van der Waals surface area contributed by atoms with Crippen molar-refractivity contribution in [1.29, 1.82) is 0 Å². The van der Waals surface area contributed by atoms with Crippen LogP contribution in [0.25, 0.3) is 0 Å². The van der Waals surface area contributed by atoms with Crippen molar-refractivity contribution in [3.63, 3.8) is 0 Å². The number of carbonyl (C=O) groups is 1. The van der Waals surface area contributed by atoms with Crippen LogP contribution >= 0.6 is 0 Å². The van der Waals surface area contributed by atoms with Crippen LogP contribution in [0, 0.1) is 6.92 Å². The number of amides is 1. The van der Waals surface area contributed by atoms with Gasteiger partial charge in [0.2, 0.25) is 0 Å². The summed E-state index contributed by atoms with van der Waals surface area (Å²) >= 11 is 0. The summed E-state index contributed by atoms with van der Waals surface area (Å²) in [7, 11) is 0. The fourth-order valence-corrected chi connectivity index (χ4v) is 1.73. The minimum Gasteiger partial charge on any atom is -0.494 e. The predicted molar refractivity (Wildman–Crippen MR) is 72.1 cm³/mol. The highest BCUT2D eigenvalue weighted by atomic mass is 16.5. The van der Waals surface area contributed by atoms with E-state index in [1.165, 1.54) is 0 Å². The molecule has 2 N–H and O–H groups in total. The number of nitrogens with zero attached hydrogens (tertiary/aromatic N) is 1. The third-order valence-electron chi connectivity index (χ3n) is 2.60. The van der Waals surface area contributed by atoms with Crippen LogP contribution in [0.15, 0.2) is 30.3 Å². The molecule has 2 aromatic rings. The summed E-state index contributed by atoms with van der Waals surface area (Å²) in [4.78, 5) is 12.0. The van der Waals surface area contributed by atoms with Crippen molar-refractivity contribution in [3.8, 4) is 5.75 Å². The third kappa shape index (κ3) is 3.58. The van der Waals surface area contributed by atoms with Crippen molar-refractivity contribution < 1.29 is 9.53 Å². The molecule has 1 aromatic heterocycles. The molecular weight excluding hydrogens is 242 g/mol. The fourth-order valence-electron chi connectivity index (χ4n) is 1.73. The Bertz CT molecular complexity index is 563. The van der Waals surface area contributed by atoms with Crippen molar-refractivity contribution >= 4 is 5.91 Å². The number of ether oxygens (including phenoxy) is 1. The van der Waals surface area contributed by atoms with Crippen LogP contribution in [-0.2, 0) is 6.54 Å². The highest BCUT2D eigenvalue weighted by Gasteiger charge is 2.07. The topological polar surface area (TPSA) is 67.0 Å². The molecule has 2 rings (SSSR count). The largest absolute Gasteiger partial charge is 0.494 e. The van der Waals surface area contributed by atoms with Gasteiger partial charge in [-0.2, -0.15) is 5.10 Å². The molecule has 0 fully saturated rings. The molecule has 0 spiro atoms. The number of aryl methyl sites for hydroxylation is 1. The van der Waals surface area contributed by atoms with Crippen LogP contribution in [0.3, 0.4) is 0 Å². The number of nitrogens with one attached hydrogen (secondary N) is 2. The second kappa shape index (κ2) is 6.04. The molecule has 5 heteroatoms. The van der Waals surface area contributed by atoms with Crippen LogP contribution in [0.5, 0.6) is 5.75 Å². The van der Waals surface area contributed by atoms with Crippen LogP contribution in [-0.4, -0.2) is 22.7 Å². The molecule has 0 aliphatic heterocycles. The summed E-state index contributed by atoms with van der Waals surface area (Å²) in [5.74, 6) is 0.563. The second-order valence-corrected chi connectivity index (χ2v) is 4.19. The van der Waals surface area contributed by atoms with E-state index in [0.717, 1.165) is 11.4 Å². The normalized spacial score (nSPS) is 10.2. The van der Waals surface area contributed by atoms with Crippen molar-refractivity contribution in [1.82, 2.24) is 15.5 Å². The van der Waals surface area contributed by atoms with Crippen LogP contribution in [0.4, 0.5) is 0 Å². The number of H-pyrrole nitrogens is 1. The molecule has 0 atom stereocenters. The Balaban J connectivity index is 1.97. The maximum absolute atomic E-state index is 12.0. The van der Waals surface area contributed by atoms with Gasteiger partial charge >= 0.3 is 0 Å².